The van der Waals surface area contributed by atoms with E-state index in [9.17, 15) is 9.90 Å². The van der Waals surface area contributed by atoms with Crippen molar-refractivity contribution in [2.75, 3.05) is 18.5 Å². The molecular formula is C15H20N2O2. The van der Waals surface area contributed by atoms with E-state index in [0.717, 1.165) is 55.5 Å². The van der Waals surface area contributed by atoms with E-state index in [1.807, 2.05) is 18.2 Å². The number of carbonyl (C=O) groups is 1. The zero-order chi connectivity index (χ0) is 13.3. The minimum absolute atomic E-state index is 0.0337. The maximum Gasteiger partial charge on any atom is 0.252 e. The van der Waals surface area contributed by atoms with Gasteiger partial charge in [0.2, 0.25) is 0 Å². The van der Waals surface area contributed by atoms with Gasteiger partial charge in [-0.15, -0.1) is 0 Å². The van der Waals surface area contributed by atoms with Crippen LogP contribution in [0.25, 0.3) is 0 Å². The molecule has 0 radical (unpaired) electrons. The van der Waals surface area contributed by atoms with Crippen LogP contribution < -0.4 is 10.6 Å². The van der Waals surface area contributed by atoms with Gasteiger partial charge in [-0.05, 0) is 49.8 Å². The molecule has 1 aliphatic heterocycles. The van der Waals surface area contributed by atoms with Crippen LogP contribution in [0.2, 0.25) is 0 Å². The number of aliphatic hydroxyl groups excluding tert-OH is 1. The van der Waals surface area contributed by atoms with E-state index in [2.05, 4.69) is 10.6 Å². The van der Waals surface area contributed by atoms with Crippen molar-refractivity contribution in [1.29, 1.82) is 0 Å². The van der Waals surface area contributed by atoms with E-state index in [1.54, 1.807) is 0 Å². The minimum Gasteiger partial charge on any atom is -0.394 e. The van der Waals surface area contributed by atoms with E-state index < -0.39 is 0 Å². The van der Waals surface area contributed by atoms with Crippen LogP contribution in [0, 0.1) is 0 Å². The van der Waals surface area contributed by atoms with Crippen LogP contribution in [0.4, 0.5) is 5.69 Å². The highest BCUT2D eigenvalue weighted by atomic mass is 16.3. The van der Waals surface area contributed by atoms with E-state index in [4.69, 9.17) is 0 Å². The highest BCUT2D eigenvalue weighted by molar-refractivity contribution is 5.97. The van der Waals surface area contributed by atoms with Gasteiger partial charge in [0, 0.05) is 17.8 Å². The van der Waals surface area contributed by atoms with Gasteiger partial charge in [-0.3, -0.25) is 4.79 Å². The van der Waals surface area contributed by atoms with Crippen LogP contribution in [-0.2, 0) is 6.42 Å². The normalized spacial score (nSPS) is 19.8. The van der Waals surface area contributed by atoms with Crippen molar-refractivity contribution in [3.63, 3.8) is 0 Å². The Balaban J connectivity index is 1.84. The van der Waals surface area contributed by atoms with Crippen LogP contribution in [0.3, 0.4) is 0 Å². The first-order chi connectivity index (χ1) is 9.24. The molecule has 1 amide bonds. The van der Waals surface area contributed by atoms with E-state index in [-0.39, 0.29) is 18.1 Å². The lowest BCUT2D eigenvalue weighted by atomic mass is 9.77. The van der Waals surface area contributed by atoms with Crippen molar-refractivity contribution in [3.05, 3.63) is 29.3 Å². The molecular weight excluding hydrogens is 240 g/mol. The third kappa shape index (κ3) is 2.21. The average Bonchev–Trinajstić information content (AvgIpc) is 2.42. The van der Waals surface area contributed by atoms with E-state index in [1.165, 1.54) is 0 Å². The number of aliphatic hydroxyl groups is 1. The molecule has 0 bridgehead atoms. The van der Waals surface area contributed by atoms with Crippen molar-refractivity contribution in [2.45, 2.75) is 37.6 Å². The van der Waals surface area contributed by atoms with Crippen LogP contribution in [0.5, 0.6) is 0 Å². The third-order valence-electron chi connectivity index (χ3n) is 4.33. The number of benzene rings is 1. The Labute approximate surface area is 113 Å². The molecule has 1 saturated carbocycles. The molecule has 0 spiro atoms. The number of rotatable bonds is 3. The summed E-state index contributed by atoms with van der Waals surface area (Å²) in [4.78, 5) is 12.4. The Morgan fingerprint density at radius 1 is 1.37 bits per heavy atom. The number of carbonyl (C=O) groups excluding carboxylic acids is 1. The van der Waals surface area contributed by atoms with Gasteiger partial charge in [-0.25, -0.2) is 0 Å². The number of anilines is 1. The van der Waals surface area contributed by atoms with Gasteiger partial charge < -0.3 is 15.7 Å². The molecule has 3 N–H and O–H groups in total. The molecule has 1 heterocycles. The van der Waals surface area contributed by atoms with Gasteiger partial charge in [0.05, 0.1) is 12.1 Å². The Morgan fingerprint density at radius 2 is 2.21 bits per heavy atom. The largest absolute Gasteiger partial charge is 0.394 e. The molecule has 0 unspecified atom stereocenters. The molecule has 0 atom stereocenters. The van der Waals surface area contributed by atoms with Gasteiger partial charge in [0.15, 0.2) is 0 Å². The lowest BCUT2D eigenvalue weighted by Gasteiger charge is -2.41. The summed E-state index contributed by atoms with van der Waals surface area (Å²) in [5.41, 5.74) is 2.57. The van der Waals surface area contributed by atoms with Crippen LogP contribution in [0.15, 0.2) is 18.2 Å². The zero-order valence-electron chi connectivity index (χ0n) is 11.0. The SMILES string of the molecule is O=C(NC1(CO)CCC1)c1cccc2c1CCCN2. The zero-order valence-corrected chi connectivity index (χ0v) is 11.0. The van der Waals surface area contributed by atoms with Gasteiger partial charge in [0.25, 0.3) is 5.91 Å². The van der Waals surface area contributed by atoms with Crippen LogP contribution in [0.1, 0.15) is 41.6 Å². The molecule has 0 saturated heterocycles. The van der Waals surface area contributed by atoms with Gasteiger partial charge in [-0.1, -0.05) is 6.07 Å². The Morgan fingerprint density at radius 3 is 2.89 bits per heavy atom. The van der Waals surface area contributed by atoms with Crippen molar-refractivity contribution in [2.24, 2.45) is 0 Å². The monoisotopic (exact) mass is 260 g/mol. The van der Waals surface area contributed by atoms with Crippen molar-refractivity contribution in [1.82, 2.24) is 5.32 Å². The second-order valence-corrected chi connectivity index (χ2v) is 5.61. The first kappa shape index (κ1) is 12.5. The first-order valence-electron chi connectivity index (χ1n) is 7.03. The summed E-state index contributed by atoms with van der Waals surface area (Å²) in [6.45, 7) is 1.00. The van der Waals surface area contributed by atoms with Crippen LogP contribution in [-0.4, -0.2) is 29.7 Å². The second kappa shape index (κ2) is 4.85. The fraction of sp³-hybridized carbons (Fsp3) is 0.533. The van der Waals surface area contributed by atoms with Gasteiger partial charge in [-0.2, -0.15) is 0 Å². The maximum atomic E-state index is 12.4. The molecule has 102 valence electrons. The van der Waals surface area contributed by atoms with E-state index >= 15 is 0 Å². The third-order valence-corrected chi connectivity index (χ3v) is 4.33. The summed E-state index contributed by atoms with van der Waals surface area (Å²) in [5, 5.41) is 15.8. The van der Waals surface area contributed by atoms with Crippen LogP contribution >= 0.6 is 0 Å². The number of fused-ring (bicyclic) bond motifs is 1. The summed E-state index contributed by atoms with van der Waals surface area (Å²) in [6, 6.07) is 5.82. The predicted octanol–water partition coefficient (Wildman–Crippen LogP) is 1.69. The van der Waals surface area contributed by atoms with Gasteiger partial charge in [0.1, 0.15) is 0 Å². The fourth-order valence-electron chi connectivity index (χ4n) is 2.96. The first-order valence-corrected chi connectivity index (χ1v) is 7.03. The summed E-state index contributed by atoms with van der Waals surface area (Å²) < 4.78 is 0. The number of amides is 1. The smallest absolute Gasteiger partial charge is 0.252 e. The lowest BCUT2D eigenvalue weighted by molar-refractivity contribution is 0.0641. The van der Waals surface area contributed by atoms with Crippen molar-refractivity contribution in [3.8, 4) is 0 Å². The highest BCUT2D eigenvalue weighted by Gasteiger charge is 2.38. The Kier molecular flexibility index (Phi) is 3.19. The molecule has 4 nitrogen and oxygen atoms in total. The molecule has 2 aliphatic rings. The van der Waals surface area contributed by atoms with E-state index in [0.29, 0.717) is 0 Å². The molecule has 3 rings (SSSR count). The maximum absolute atomic E-state index is 12.4. The lowest BCUT2D eigenvalue weighted by Crippen LogP contribution is -2.56. The molecule has 1 aromatic carbocycles. The number of nitrogens with one attached hydrogen (secondary N) is 2. The summed E-state index contributed by atoms with van der Waals surface area (Å²) in [6.07, 6.45) is 4.83. The van der Waals surface area contributed by atoms with Crippen molar-refractivity contribution >= 4 is 11.6 Å². The predicted molar refractivity (Wildman–Crippen MR) is 74.4 cm³/mol. The number of hydrogen-bond donors (Lipinski definition) is 3. The average molecular weight is 260 g/mol. The highest BCUT2D eigenvalue weighted by Crippen LogP contribution is 2.32. The molecule has 4 heteroatoms. The Hall–Kier alpha value is -1.55. The fourth-order valence-corrected chi connectivity index (χ4v) is 2.96. The summed E-state index contributed by atoms with van der Waals surface area (Å²) in [7, 11) is 0. The summed E-state index contributed by atoms with van der Waals surface area (Å²) in [5.74, 6) is -0.0469. The molecule has 0 aromatic heterocycles. The standard InChI is InChI=1S/C15H20N2O2/c18-10-15(7-3-8-15)17-14(19)12-4-1-6-13-11(12)5-2-9-16-13/h1,4,6,16,18H,2-3,5,7-10H2,(H,17,19). The van der Waals surface area contributed by atoms with Crippen molar-refractivity contribution < 1.29 is 9.90 Å². The summed E-state index contributed by atoms with van der Waals surface area (Å²) >= 11 is 0. The Bertz CT molecular complexity index is 489. The molecule has 19 heavy (non-hydrogen) atoms. The quantitative estimate of drug-likeness (QED) is 0.775. The molecule has 1 aliphatic carbocycles. The minimum atomic E-state index is -0.373. The second-order valence-electron chi connectivity index (χ2n) is 5.61. The van der Waals surface area contributed by atoms with Gasteiger partial charge >= 0.3 is 0 Å². The number of hydrogen-bond acceptors (Lipinski definition) is 3. The topological polar surface area (TPSA) is 61.4 Å². The molecule has 1 fully saturated rings. The molecule has 1 aromatic rings.